The number of hydrogen-bond acceptors (Lipinski definition) is 5. The van der Waals surface area contributed by atoms with Crippen molar-refractivity contribution in [1.82, 2.24) is 15.4 Å². The predicted octanol–water partition coefficient (Wildman–Crippen LogP) is 1.82. The van der Waals surface area contributed by atoms with Gasteiger partial charge in [0.25, 0.3) is 0 Å². The van der Waals surface area contributed by atoms with Crippen LogP contribution < -0.4 is 5.32 Å². The first-order chi connectivity index (χ1) is 10.0. The van der Waals surface area contributed by atoms with E-state index in [1.807, 2.05) is 6.92 Å². The van der Waals surface area contributed by atoms with E-state index < -0.39 is 12.0 Å². The van der Waals surface area contributed by atoms with Crippen molar-refractivity contribution in [3.05, 3.63) is 17.5 Å². The van der Waals surface area contributed by atoms with Crippen molar-refractivity contribution >= 4 is 23.8 Å². The fraction of sp³-hybridized carbons (Fsp3) is 0.615. The summed E-state index contributed by atoms with van der Waals surface area (Å²) in [6.07, 6.45) is 1.68. The Hall–Kier alpha value is -1.70. The number of aryl methyl sites for hydroxylation is 1. The van der Waals surface area contributed by atoms with Crippen LogP contribution in [0.3, 0.4) is 0 Å². The molecule has 0 bridgehead atoms. The molecule has 7 nitrogen and oxygen atoms in total. The normalized spacial score (nSPS) is 21.5. The molecule has 0 radical (unpaired) electrons. The summed E-state index contributed by atoms with van der Waals surface area (Å²) in [5.74, 6) is 0.00726. The second-order valence-corrected chi connectivity index (χ2v) is 6.14. The lowest BCUT2D eigenvalue weighted by Crippen LogP contribution is -2.49. The van der Waals surface area contributed by atoms with Crippen molar-refractivity contribution in [3.63, 3.8) is 0 Å². The van der Waals surface area contributed by atoms with Gasteiger partial charge in [0.05, 0.1) is 17.6 Å². The summed E-state index contributed by atoms with van der Waals surface area (Å²) in [4.78, 5) is 25.0. The van der Waals surface area contributed by atoms with Gasteiger partial charge in [-0.25, -0.2) is 9.59 Å². The molecular formula is C13H19N3O4S. The molecule has 2 atom stereocenters. The Bertz CT molecular complexity index is 519. The van der Waals surface area contributed by atoms with E-state index >= 15 is 0 Å². The molecule has 0 saturated carbocycles. The van der Waals surface area contributed by atoms with Gasteiger partial charge in [0.1, 0.15) is 6.04 Å². The van der Waals surface area contributed by atoms with Gasteiger partial charge in [0.15, 0.2) is 5.76 Å². The van der Waals surface area contributed by atoms with Gasteiger partial charge in [-0.15, -0.1) is 11.8 Å². The minimum atomic E-state index is -0.966. The highest BCUT2D eigenvalue weighted by Gasteiger charge is 2.41. The predicted molar refractivity (Wildman–Crippen MR) is 77.9 cm³/mol. The summed E-state index contributed by atoms with van der Waals surface area (Å²) < 4.78 is 5.02. The van der Waals surface area contributed by atoms with Gasteiger partial charge >= 0.3 is 12.0 Å². The monoisotopic (exact) mass is 313 g/mol. The Morgan fingerprint density at radius 3 is 2.95 bits per heavy atom. The third-order valence-electron chi connectivity index (χ3n) is 3.24. The molecule has 1 aliphatic rings. The van der Waals surface area contributed by atoms with Crippen molar-refractivity contribution in [1.29, 1.82) is 0 Å². The number of urea groups is 1. The topological polar surface area (TPSA) is 95.7 Å². The number of carbonyl (C=O) groups excluding carboxylic acids is 1. The molecule has 2 amide bonds. The number of carbonyl (C=O) groups is 2. The molecule has 0 aliphatic carbocycles. The lowest BCUT2D eigenvalue weighted by molar-refractivity contribution is -0.141. The number of hydrogen-bond donors (Lipinski definition) is 2. The van der Waals surface area contributed by atoms with Crippen LogP contribution in [0, 0.1) is 6.92 Å². The summed E-state index contributed by atoms with van der Waals surface area (Å²) in [5.41, 5.74) is 0.739. The minimum Gasteiger partial charge on any atom is -0.480 e. The zero-order chi connectivity index (χ0) is 15.4. The van der Waals surface area contributed by atoms with Crippen LogP contribution in [0.2, 0.25) is 0 Å². The molecule has 1 saturated heterocycles. The highest BCUT2D eigenvalue weighted by molar-refractivity contribution is 8.00. The van der Waals surface area contributed by atoms with Crippen molar-refractivity contribution in [3.8, 4) is 0 Å². The number of carboxylic acid groups (broad SMARTS) is 1. The average molecular weight is 313 g/mol. The molecule has 21 heavy (non-hydrogen) atoms. The number of nitrogens with one attached hydrogen (secondary N) is 1. The molecule has 2 N–H and O–H groups in total. The first-order valence-electron chi connectivity index (χ1n) is 6.85. The van der Waals surface area contributed by atoms with E-state index in [-0.39, 0.29) is 17.9 Å². The standard InChI is InChI=1S/C13H19N3O4S/c1-3-4-11-16(10(7-21-11)12(17)18)13(19)14-6-9-5-8(2)15-20-9/h5,10-11H,3-4,6-7H2,1-2H3,(H,14,19)(H,17,18). The summed E-state index contributed by atoms with van der Waals surface area (Å²) in [5, 5.41) is 15.6. The SMILES string of the molecule is CCCC1SCC(C(=O)O)N1C(=O)NCc1cc(C)no1. The number of thioether (sulfide) groups is 1. The Balaban J connectivity index is 2.00. The quantitative estimate of drug-likeness (QED) is 0.861. The molecule has 2 heterocycles. The first-order valence-corrected chi connectivity index (χ1v) is 7.90. The summed E-state index contributed by atoms with van der Waals surface area (Å²) >= 11 is 1.51. The zero-order valence-electron chi connectivity index (χ0n) is 12.0. The Morgan fingerprint density at radius 2 is 2.38 bits per heavy atom. The minimum absolute atomic E-state index is 0.0902. The Morgan fingerprint density at radius 1 is 1.62 bits per heavy atom. The maximum atomic E-state index is 12.3. The van der Waals surface area contributed by atoms with E-state index in [1.54, 1.807) is 13.0 Å². The van der Waals surface area contributed by atoms with Crippen LogP contribution in [0.25, 0.3) is 0 Å². The maximum Gasteiger partial charge on any atom is 0.327 e. The second kappa shape index (κ2) is 6.84. The lowest BCUT2D eigenvalue weighted by Gasteiger charge is -2.27. The first kappa shape index (κ1) is 15.7. The van der Waals surface area contributed by atoms with Gasteiger partial charge in [-0.3, -0.25) is 4.90 Å². The molecule has 0 aromatic carbocycles. The fourth-order valence-corrected chi connectivity index (χ4v) is 3.76. The van der Waals surface area contributed by atoms with Crippen LogP contribution in [0.4, 0.5) is 4.79 Å². The summed E-state index contributed by atoms with van der Waals surface area (Å²) in [7, 11) is 0. The van der Waals surface area contributed by atoms with E-state index in [4.69, 9.17) is 4.52 Å². The molecular weight excluding hydrogens is 294 g/mol. The van der Waals surface area contributed by atoms with Crippen LogP contribution in [0.1, 0.15) is 31.2 Å². The van der Waals surface area contributed by atoms with Crippen LogP contribution in [0.5, 0.6) is 0 Å². The molecule has 0 spiro atoms. The molecule has 1 aromatic heterocycles. The highest BCUT2D eigenvalue weighted by atomic mass is 32.2. The molecule has 1 aliphatic heterocycles. The maximum absolute atomic E-state index is 12.3. The number of rotatable bonds is 5. The molecule has 8 heteroatoms. The third kappa shape index (κ3) is 3.69. The van der Waals surface area contributed by atoms with Crippen molar-refractivity contribution in [2.75, 3.05) is 5.75 Å². The van der Waals surface area contributed by atoms with Gasteiger partial charge in [-0.2, -0.15) is 0 Å². The summed E-state index contributed by atoms with van der Waals surface area (Å²) in [6, 6.07) is 0.583. The Labute approximate surface area is 127 Å². The van der Waals surface area contributed by atoms with Crippen LogP contribution >= 0.6 is 11.8 Å². The average Bonchev–Trinajstić information content (AvgIpc) is 3.03. The number of nitrogens with zero attached hydrogens (tertiary/aromatic N) is 2. The lowest BCUT2D eigenvalue weighted by atomic mass is 10.2. The molecule has 2 unspecified atom stereocenters. The second-order valence-electron chi connectivity index (χ2n) is 4.93. The van der Waals surface area contributed by atoms with E-state index in [2.05, 4.69) is 10.5 Å². The van der Waals surface area contributed by atoms with E-state index in [9.17, 15) is 14.7 Å². The van der Waals surface area contributed by atoms with Gasteiger partial charge in [-0.1, -0.05) is 18.5 Å². The van der Waals surface area contributed by atoms with Crippen molar-refractivity contribution < 1.29 is 19.2 Å². The van der Waals surface area contributed by atoms with Gasteiger partial charge in [0.2, 0.25) is 0 Å². The van der Waals surface area contributed by atoms with Gasteiger partial charge in [0, 0.05) is 11.8 Å². The Kier molecular flexibility index (Phi) is 5.11. The third-order valence-corrected chi connectivity index (χ3v) is 4.59. The fourth-order valence-electron chi connectivity index (χ4n) is 2.25. The van der Waals surface area contributed by atoms with E-state index in [0.717, 1.165) is 18.5 Å². The zero-order valence-corrected chi connectivity index (χ0v) is 12.9. The van der Waals surface area contributed by atoms with Crippen LogP contribution in [0.15, 0.2) is 10.6 Å². The summed E-state index contributed by atoms with van der Waals surface area (Å²) in [6.45, 7) is 4.01. The molecule has 116 valence electrons. The van der Waals surface area contributed by atoms with Crippen molar-refractivity contribution in [2.24, 2.45) is 0 Å². The van der Waals surface area contributed by atoms with E-state index in [1.165, 1.54) is 16.7 Å². The van der Waals surface area contributed by atoms with E-state index in [0.29, 0.717) is 11.5 Å². The molecule has 1 fully saturated rings. The number of aromatic nitrogens is 1. The van der Waals surface area contributed by atoms with Crippen molar-refractivity contribution in [2.45, 2.75) is 44.6 Å². The largest absolute Gasteiger partial charge is 0.480 e. The van der Waals surface area contributed by atoms with Gasteiger partial charge < -0.3 is 14.9 Å². The number of aliphatic carboxylic acids is 1. The van der Waals surface area contributed by atoms with Crippen LogP contribution in [-0.2, 0) is 11.3 Å². The number of carboxylic acids is 1. The highest BCUT2D eigenvalue weighted by Crippen LogP contribution is 2.32. The smallest absolute Gasteiger partial charge is 0.327 e. The number of amides is 2. The molecule has 2 rings (SSSR count). The molecule has 1 aromatic rings. The van der Waals surface area contributed by atoms with Crippen LogP contribution in [-0.4, -0.2) is 44.3 Å². The van der Waals surface area contributed by atoms with Gasteiger partial charge in [-0.05, 0) is 13.3 Å².